The summed E-state index contributed by atoms with van der Waals surface area (Å²) in [4.78, 5) is 8.94. The first-order valence-electron chi connectivity index (χ1n) is 2.30. The van der Waals surface area contributed by atoms with Crippen molar-refractivity contribution in [2.24, 2.45) is 0 Å². The minimum atomic E-state index is -0.181. The first-order valence-corrected chi connectivity index (χ1v) is 2.30. The Hall–Kier alpha value is -0.120. The molecule has 1 saturated heterocycles. The maximum absolute atomic E-state index is 9.93. The second kappa shape index (κ2) is 2.26. The predicted octanol–water partition coefficient (Wildman–Crippen LogP) is 0.137. The highest BCUT2D eigenvalue weighted by Gasteiger charge is 2.15. The molecule has 1 aliphatic rings. The molecule has 0 spiro atoms. The van der Waals surface area contributed by atoms with Gasteiger partial charge in [-0.05, 0) is 0 Å². The molecule has 1 unspecified atom stereocenters. The summed E-state index contributed by atoms with van der Waals surface area (Å²) in [7, 11) is 0. The highest BCUT2D eigenvalue weighted by molar-refractivity contribution is 4.54. The summed E-state index contributed by atoms with van der Waals surface area (Å²) < 4.78 is 0. The van der Waals surface area contributed by atoms with Gasteiger partial charge in [0, 0.05) is 6.42 Å². The molecule has 3 heteroatoms. The molecule has 0 N–H and O–H groups in total. The highest BCUT2D eigenvalue weighted by Crippen LogP contribution is 2.06. The number of rotatable bonds is 1. The van der Waals surface area contributed by atoms with E-state index in [1.807, 2.05) is 0 Å². The summed E-state index contributed by atoms with van der Waals surface area (Å²) in [5.74, 6) is 0. The number of hydrogen-bond acceptors (Lipinski definition) is 2. The first kappa shape index (κ1) is 5.03. The lowest BCUT2D eigenvalue weighted by Crippen LogP contribution is -2.07. The third-order valence-corrected chi connectivity index (χ3v) is 0.913. The van der Waals surface area contributed by atoms with Gasteiger partial charge in [0.15, 0.2) is 0 Å². The molecule has 1 heterocycles. The van der Waals surface area contributed by atoms with Crippen LogP contribution in [0.2, 0.25) is 0 Å². The molecule has 1 atom stereocenters. The summed E-state index contributed by atoms with van der Waals surface area (Å²) in [6, 6.07) is 0. The Morgan fingerprint density at radius 2 is 2.57 bits per heavy atom. The van der Waals surface area contributed by atoms with Gasteiger partial charge in [-0.3, -0.25) is 0 Å². The Bertz CT molecular complexity index is 48.9. The van der Waals surface area contributed by atoms with Gasteiger partial charge < -0.3 is 0 Å². The van der Waals surface area contributed by atoms with E-state index in [1.54, 1.807) is 0 Å². The van der Waals surface area contributed by atoms with Gasteiger partial charge >= 0.3 is 0 Å². The monoisotopic (exact) mass is 103 g/mol. The molecule has 1 radical (unpaired) electrons. The zero-order valence-electron chi connectivity index (χ0n) is 3.92. The van der Waals surface area contributed by atoms with Gasteiger partial charge in [-0.2, -0.15) is 0 Å². The molecule has 0 amide bonds. The topological polar surface area (TPSA) is 38.4 Å². The molecule has 1 rings (SSSR count). The summed E-state index contributed by atoms with van der Waals surface area (Å²) in [5, 5.41) is 9.93. The lowest BCUT2D eigenvalue weighted by atomic mass is 10.3. The molecular formula is C4H7O3. The maximum Gasteiger partial charge on any atom is 0.122 e. The summed E-state index contributed by atoms with van der Waals surface area (Å²) >= 11 is 0. The van der Waals surface area contributed by atoms with Crippen LogP contribution in [0.15, 0.2) is 0 Å². The Labute approximate surface area is 41.8 Å². The SMILES string of the molecule is [O]CC1CCOO1. The van der Waals surface area contributed by atoms with Crippen LogP contribution in [-0.2, 0) is 14.9 Å². The first-order chi connectivity index (χ1) is 3.43. The fraction of sp³-hybridized carbons (Fsp3) is 1.00. The van der Waals surface area contributed by atoms with E-state index in [2.05, 4.69) is 9.78 Å². The van der Waals surface area contributed by atoms with Crippen LogP contribution >= 0.6 is 0 Å². The van der Waals surface area contributed by atoms with Crippen LogP contribution in [0.5, 0.6) is 0 Å². The van der Waals surface area contributed by atoms with Gasteiger partial charge in [-0.15, -0.1) is 0 Å². The average Bonchev–Trinajstić information content (AvgIpc) is 2.14. The van der Waals surface area contributed by atoms with E-state index < -0.39 is 0 Å². The minimum Gasteiger partial charge on any atom is -0.236 e. The second-order valence-corrected chi connectivity index (χ2v) is 1.50. The van der Waals surface area contributed by atoms with Gasteiger partial charge in [0.2, 0.25) is 0 Å². The molecule has 0 bridgehead atoms. The molecule has 1 fully saturated rings. The van der Waals surface area contributed by atoms with Crippen LogP contribution in [0.1, 0.15) is 6.42 Å². The number of hydrogen-bond donors (Lipinski definition) is 0. The third-order valence-electron chi connectivity index (χ3n) is 0.913. The highest BCUT2D eigenvalue weighted by atomic mass is 17.2. The van der Waals surface area contributed by atoms with Crippen molar-refractivity contribution < 1.29 is 14.9 Å². The van der Waals surface area contributed by atoms with E-state index in [0.717, 1.165) is 6.42 Å². The lowest BCUT2D eigenvalue weighted by molar-refractivity contribution is -0.281. The van der Waals surface area contributed by atoms with E-state index in [-0.39, 0.29) is 12.7 Å². The van der Waals surface area contributed by atoms with Crippen LogP contribution in [-0.4, -0.2) is 19.3 Å². The molecule has 3 nitrogen and oxygen atoms in total. The zero-order chi connectivity index (χ0) is 5.11. The quantitative estimate of drug-likeness (QED) is 0.442. The Morgan fingerprint density at radius 3 is 2.86 bits per heavy atom. The second-order valence-electron chi connectivity index (χ2n) is 1.50. The summed E-state index contributed by atoms with van der Waals surface area (Å²) in [6.07, 6.45) is 0.573. The minimum absolute atomic E-state index is 0.181. The van der Waals surface area contributed by atoms with Crippen molar-refractivity contribution in [2.75, 3.05) is 13.2 Å². The van der Waals surface area contributed by atoms with Crippen LogP contribution in [0.4, 0.5) is 0 Å². The Morgan fingerprint density at radius 1 is 1.71 bits per heavy atom. The molecule has 0 saturated carbocycles. The summed E-state index contributed by atoms with van der Waals surface area (Å²) in [5.41, 5.74) is 0. The van der Waals surface area contributed by atoms with Gasteiger partial charge in [0.05, 0.1) is 6.61 Å². The van der Waals surface area contributed by atoms with Crippen LogP contribution < -0.4 is 0 Å². The van der Waals surface area contributed by atoms with E-state index >= 15 is 0 Å². The van der Waals surface area contributed by atoms with Crippen LogP contribution in [0.3, 0.4) is 0 Å². The molecule has 1 aliphatic heterocycles. The normalized spacial score (nSPS) is 31.3. The molecule has 0 aliphatic carbocycles. The van der Waals surface area contributed by atoms with Crippen molar-refractivity contribution in [3.8, 4) is 0 Å². The van der Waals surface area contributed by atoms with Gasteiger partial charge in [0.1, 0.15) is 12.7 Å². The van der Waals surface area contributed by atoms with Gasteiger partial charge in [-0.25, -0.2) is 14.9 Å². The largest absolute Gasteiger partial charge is 0.236 e. The average molecular weight is 103 g/mol. The smallest absolute Gasteiger partial charge is 0.122 e. The van der Waals surface area contributed by atoms with E-state index in [0.29, 0.717) is 6.61 Å². The van der Waals surface area contributed by atoms with Crippen LogP contribution in [0.25, 0.3) is 0 Å². The van der Waals surface area contributed by atoms with Crippen molar-refractivity contribution in [2.45, 2.75) is 12.5 Å². The van der Waals surface area contributed by atoms with Gasteiger partial charge in [-0.1, -0.05) is 0 Å². The van der Waals surface area contributed by atoms with E-state index in [1.165, 1.54) is 0 Å². The zero-order valence-corrected chi connectivity index (χ0v) is 3.92. The van der Waals surface area contributed by atoms with Crippen molar-refractivity contribution in [3.63, 3.8) is 0 Å². The molecule has 0 aromatic rings. The van der Waals surface area contributed by atoms with Crippen molar-refractivity contribution in [1.29, 1.82) is 0 Å². The van der Waals surface area contributed by atoms with Crippen molar-refractivity contribution in [1.82, 2.24) is 0 Å². The fourth-order valence-corrected chi connectivity index (χ4v) is 0.483. The molecule has 7 heavy (non-hydrogen) atoms. The predicted molar refractivity (Wildman–Crippen MR) is 21.0 cm³/mol. The lowest BCUT2D eigenvalue weighted by Gasteiger charge is -1.95. The maximum atomic E-state index is 9.93. The molecule has 0 aromatic carbocycles. The van der Waals surface area contributed by atoms with Crippen molar-refractivity contribution >= 4 is 0 Å². The molecule has 41 valence electrons. The summed E-state index contributed by atoms with van der Waals surface area (Å²) in [6.45, 7) is 0.396. The van der Waals surface area contributed by atoms with E-state index in [9.17, 15) is 5.11 Å². The standard InChI is InChI=1S/C4H7O3/c5-3-4-1-2-6-7-4/h4H,1-3H2. The Balaban J connectivity index is 2.14. The van der Waals surface area contributed by atoms with Gasteiger partial charge in [0.25, 0.3) is 0 Å². The molecule has 0 aromatic heterocycles. The van der Waals surface area contributed by atoms with E-state index in [4.69, 9.17) is 0 Å². The molecular weight excluding hydrogens is 96.0 g/mol. The third kappa shape index (κ3) is 1.12. The van der Waals surface area contributed by atoms with Crippen molar-refractivity contribution in [3.05, 3.63) is 0 Å². The fourth-order valence-electron chi connectivity index (χ4n) is 0.483. The Kier molecular flexibility index (Phi) is 1.62. The van der Waals surface area contributed by atoms with Crippen LogP contribution in [0, 0.1) is 0 Å².